The van der Waals surface area contributed by atoms with Crippen molar-refractivity contribution in [3.05, 3.63) is 101 Å². The van der Waals surface area contributed by atoms with Gasteiger partial charge in [-0.15, -0.1) is 0 Å². The highest BCUT2D eigenvalue weighted by Gasteiger charge is 2.18. The van der Waals surface area contributed by atoms with Crippen molar-refractivity contribution >= 4 is 11.4 Å². The maximum absolute atomic E-state index is 11.6. The first-order valence-electron chi connectivity index (χ1n) is 12.4. The summed E-state index contributed by atoms with van der Waals surface area (Å²) in [6.45, 7) is 5.26. The van der Waals surface area contributed by atoms with Crippen LogP contribution in [-0.4, -0.2) is 61.3 Å². The Bertz CT molecular complexity index is 1290. The largest absolute Gasteiger partial charge is 0.497 e. The monoisotopic (exact) mass is 501 g/mol. The zero-order chi connectivity index (χ0) is 25.5. The third-order valence-electron chi connectivity index (χ3n) is 6.46. The Balaban J connectivity index is 0.000000212. The Morgan fingerprint density at radius 3 is 1.84 bits per heavy atom. The molecule has 3 heterocycles. The Morgan fingerprint density at radius 1 is 0.784 bits per heavy atom. The minimum absolute atomic E-state index is 0.129. The number of nitrogens with zero attached hydrogens (tertiary/aromatic N) is 4. The van der Waals surface area contributed by atoms with Gasteiger partial charge in [-0.3, -0.25) is 0 Å². The van der Waals surface area contributed by atoms with Gasteiger partial charge < -0.3 is 24.0 Å². The minimum Gasteiger partial charge on any atom is -0.497 e. The number of nitrogens with one attached hydrogen (secondary N) is 1. The van der Waals surface area contributed by atoms with Crippen LogP contribution in [0.5, 0.6) is 5.75 Å². The molecular weight excluding hydrogens is 470 g/mol. The molecule has 0 unspecified atom stereocenters. The second-order valence-corrected chi connectivity index (χ2v) is 8.70. The number of H-pyrrole nitrogens is 1. The number of methoxy groups -OCH3 is 1. The summed E-state index contributed by atoms with van der Waals surface area (Å²) in [4.78, 5) is 16.4. The molecule has 2 aliphatic heterocycles. The van der Waals surface area contributed by atoms with E-state index in [-0.39, 0.29) is 12.0 Å². The van der Waals surface area contributed by atoms with E-state index >= 15 is 0 Å². The first-order chi connectivity index (χ1) is 18.2. The SMILES string of the molecule is COc1ccc(N2CCN(c3ccc(-n4cn[nH]c4=O)cc3)CC2)cc1.c1ccc(C2OCCO2)cc1. The van der Waals surface area contributed by atoms with Crippen LogP contribution < -0.4 is 20.2 Å². The maximum atomic E-state index is 11.6. The number of ether oxygens (including phenoxy) is 3. The average molecular weight is 502 g/mol. The third kappa shape index (κ3) is 6.02. The first-order valence-corrected chi connectivity index (χ1v) is 12.4. The van der Waals surface area contributed by atoms with Crippen LogP contribution in [0.4, 0.5) is 11.4 Å². The molecule has 4 aromatic rings. The van der Waals surface area contributed by atoms with Crippen molar-refractivity contribution in [2.75, 3.05) is 56.3 Å². The lowest BCUT2D eigenvalue weighted by atomic mass is 10.2. The van der Waals surface area contributed by atoms with Gasteiger partial charge in [-0.25, -0.2) is 14.5 Å². The van der Waals surface area contributed by atoms with Crippen LogP contribution in [0.25, 0.3) is 5.69 Å². The van der Waals surface area contributed by atoms with E-state index in [1.54, 1.807) is 7.11 Å². The van der Waals surface area contributed by atoms with Gasteiger partial charge in [-0.1, -0.05) is 30.3 Å². The Hall–Kier alpha value is -4.08. The number of hydrogen-bond acceptors (Lipinski definition) is 7. The highest BCUT2D eigenvalue weighted by Crippen LogP contribution is 2.24. The molecule has 2 saturated heterocycles. The number of aromatic amines is 1. The lowest BCUT2D eigenvalue weighted by molar-refractivity contribution is -0.0441. The lowest BCUT2D eigenvalue weighted by Gasteiger charge is -2.37. The minimum atomic E-state index is -0.231. The summed E-state index contributed by atoms with van der Waals surface area (Å²) >= 11 is 0. The zero-order valence-corrected chi connectivity index (χ0v) is 20.8. The molecular formula is C28H31N5O4. The Kier molecular flexibility index (Phi) is 7.83. The summed E-state index contributed by atoms with van der Waals surface area (Å²) in [7, 11) is 1.68. The number of hydrogen-bond donors (Lipinski definition) is 1. The topological polar surface area (TPSA) is 84.9 Å². The highest BCUT2D eigenvalue weighted by molar-refractivity contribution is 5.54. The molecule has 1 aromatic heterocycles. The summed E-state index contributed by atoms with van der Waals surface area (Å²) in [6, 6.07) is 26.2. The number of aromatic nitrogens is 3. The van der Waals surface area contributed by atoms with E-state index in [0.717, 1.165) is 43.2 Å². The van der Waals surface area contributed by atoms with Crippen LogP contribution in [-0.2, 0) is 9.47 Å². The summed E-state index contributed by atoms with van der Waals surface area (Å²) in [5.41, 5.74) is 4.07. The van der Waals surface area contributed by atoms with Gasteiger partial charge >= 0.3 is 5.69 Å². The molecule has 0 amide bonds. The van der Waals surface area contributed by atoms with Crippen LogP contribution in [0, 0.1) is 0 Å². The molecule has 0 saturated carbocycles. The van der Waals surface area contributed by atoms with Gasteiger partial charge in [0, 0.05) is 43.1 Å². The summed E-state index contributed by atoms with van der Waals surface area (Å²) in [6.07, 6.45) is 1.36. The molecule has 192 valence electrons. The molecule has 9 nitrogen and oxygen atoms in total. The quantitative estimate of drug-likeness (QED) is 0.447. The number of anilines is 2. The van der Waals surface area contributed by atoms with Crippen molar-refractivity contribution in [3.8, 4) is 11.4 Å². The first kappa shape index (κ1) is 24.6. The van der Waals surface area contributed by atoms with Crippen LogP contribution in [0.2, 0.25) is 0 Å². The maximum Gasteiger partial charge on any atom is 0.347 e. The molecule has 2 aliphatic rings. The predicted octanol–water partition coefficient (Wildman–Crippen LogP) is 3.63. The average Bonchev–Trinajstić information content (AvgIpc) is 3.67. The van der Waals surface area contributed by atoms with Gasteiger partial charge in [0.05, 0.1) is 26.0 Å². The van der Waals surface area contributed by atoms with Crippen molar-refractivity contribution in [2.45, 2.75) is 6.29 Å². The van der Waals surface area contributed by atoms with E-state index in [9.17, 15) is 4.79 Å². The van der Waals surface area contributed by atoms with E-state index in [1.807, 2.05) is 54.6 Å². The van der Waals surface area contributed by atoms with Crippen molar-refractivity contribution in [1.29, 1.82) is 0 Å². The van der Waals surface area contributed by atoms with Crippen molar-refractivity contribution < 1.29 is 14.2 Å². The molecule has 1 N–H and O–H groups in total. The molecule has 3 aromatic carbocycles. The second-order valence-electron chi connectivity index (χ2n) is 8.70. The second kappa shape index (κ2) is 11.8. The van der Waals surface area contributed by atoms with Gasteiger partial charge in [0.15, 0.2) is 6.29 Å². The molecule has 6 rings (SSSR count). The molecule has 0 atom stereocenters. The van der Waals surface area contributed by atoms with E-state index in [1.165, 1.54) is 22.3 Å². The fourth-order valence-corrected chi connectivity index (χ4v) is 4.43. The molecule has 2 fully saturated rings. The Labute approximate surface area is 215 Å². The van der Waals surface area contributed by atoms with E-state index < -0.39 is 0 Å². The van der Waals surface area contributed by atoms with Gasteiger partial charge in [0.1, 0.15) is 12.1 Å². The molecule has 0 bridgehead atoms. The van der Waals surface area contributed by atoms with Gasteiger partial charge in [-0.05, 0) is 48.5 Å². The van der Waals surface area contributed by atoms with Gasteiger partial charge in [-0.2, -0.15) is 5.10 Å². The molecule has 0 radical (unpaired) electrons. The van der Waals surface area contributed by atoms with E-state index in [4.69, 9.17) is 14.2 Å². The molecule has 0 spiro atoms. The van der Waals surface area contributed by atoms with Crippen LogP contribution in [0.15, 0.2) is 90.0 Å². The standard InChI is InChI=1S/C19H21N5O2.C9H10O2/c1-26-18-8-6-16(7-9-18)23-12-10-22(11-13-23)15-2-4-17(5-3-15)24-14-20-21-19(24)25;1-2-4-8(5-3-1)9-10-6-7-11-9/h2-9,14H,10-13H2,1H3,(H,21,25);1-5,9H,6-7H2. The van der Waals surface area contributed by atoms with Crippen molar-refractivity contribution in [1.82, 2.24) is 14.8 Å². The zero-order valence-electron chi connectivity index (χ0n) is 20.8. The van der Waals surface area contributed by atoms with Crippen LogP contribution >= 0.6 is 0 Å². The third-order valence-corrected chi connectivity index (χ3v) is 6.46. The normalized spacial score (nSPS) is 15.8. The molecule has 37 heavy (non-hydrogen) atoms. The number of rotatable bonds is 5. The van der Waals surface area contributed by atoms with Crippen molar-refractivity contribution in [2.24, 2.45) is 0 Å². The van der Waals surface area contributed by atoms with Crippen molar-refractivity contribution in [3.63, 3.8) is 0 Å². The lowest BCUT2D eigenvalue weighted by Crippen LogP contribution is -2.46. The molecule has 0 aliphatic carbocycles. The van der Waals surface area contributed by atoms with Gasteiger partial charge in [0.25, 0.3) is 0 Å². The van der Waals surface area contributed by atoms with E-state index in [0.29, 0.717) is 13.2 Å². The Morgan fingerprint density at radius 2 is 1.32 bits per heavy atom. The van der Waals surface area contributed by atoms with Gasteiger partial charge in [0.2, 0.25) is 0 Å². The van der Waals surface area contributed by atoms with Crippen LogP contribution in [0.3, 0.4) is 0 Å². The smallest absolute Gasteiger partial charge is 0.347 e. The summed E-state index contributed by atoms with van der Waals surface area (Å²) < 4.78 is 17.3. The molecule has 9 heteroatoms. The fraction of sp³-hybridized carbons (Fsp3) is 0.286. The van der Waals surface area contributed by atoms with E-state index in [2.05, 4.69) is 44.3 Å². The van der Waals surface area contributed by atoms with Crippen LogP contribution in [0.1, 0.15) is 11.9 Å². The number of benzene rings is 3. The summed E-state index contributed by atoms with van der Waals surface area (Å²) in [5.74, 6) is 0.879. The number of piperazine rings is 1. The summed E-state index contributed by atoms with van der Waals surface area (Å²) in [5, 5.41) is 6.17. The fourth-order valence-electron chi connectivity index (χ4n) is 4.43. The highest BCUT2D eigenvalue weighted by atomic mass is 16.7. The predicted molar refractivity (Wildman–Crippen MR) is 143 cm³/mol.